The predicted molar refractivity (Wildman–Crippen MR) is 74.1 cm³/mol. The molecule has 0 aliphatic rings. The van der Waals surface area contributed by atoms with E-state index >= 15 is 0 Å². The summed E-state index contributed by atoms with van der Waals surface area (Å²) in [6, 6.07) is 0. The van der Waals surface area contributed by atoms with Gasteiger partial charge in [-0.2, -0.15) is 0 Å². The number of aryl methyl sites for hydroxylation is 1. The number of carbonyl (C=O) groups is 2. The van der Waals surface area contributed by atoms with Gasteiger partial charge in [-0.25, -0.2) is 0 Å². The topological polar surface area (TPSA) is 43.4 Å². The summed E-state index contributed by atoms with van der Waals surface area (Å²) in [5.74, 6) is -0.0130. The molecule has 1 aromatic heterocycles. The lowest BCUT2D eigenvalue weighted by molar-refractivity contribution is -0.139. The predicted octanol–water partition coefficient (Wildman–Crippen LogP) is 3.68. The second-order valence-corrected chi connectivity index (χ2v) is 6.28. The van der Waals surface area contributed by atoms with Crippen LogP contribution in [0, 0.1) is 6.92 Å². The molecule has 94 valence electrons. The van der Waals surface area contributed by atoms with Gasteiger partial charge in [0.25, 0.3) is 0 Å². The van der Waals surface area contributed by atoms with E-state index in [1.165, 1.54) is 30.0 Å². The van der Waals surface area contributed by atoms with Crippen LogP contribution in [0.5, 0.6) is 0 Å². The van der Waals surface area contributed by atoms with E-state index in [-0.39, 0.29) is 17.5 Å². The Morgan fingerprint density at radius 1 is 1.47 bits per heavy atom. The Morgan fingerprint density at radius 2 is 2.12 bits per heavy atom. The van der Waals surface area contributed by atoms with Crippen molar-refractivity contribution < 1.29 is 14.3 Å². The minimum atomic E-state index is -0.261. The van der Waals surface area contributed by atoms with Crippen LogP contribution in [0.25, 0.3) is 0 Å². The van der Waals surface area contributed by atoms with E-state index < -0.39 is 0 Å². The van der Waals surface area contributed by atoms with Crippen LogP contribution >= 0.6 is 39.0 Å². The summed E-state index contributed by atoms with van der Waals surface area (Å²) in [6.45, 7) is 5.62. The molecule has 17 heavy (non-hydrogen) atoms. The molecule has 1 heterocycles. The van der Waals surface area contributed by atoms with E-state index in [1.54, 1.807) is 6.92 Å². The molecule has 0 amide bonds. The largest absolute Gasteiger partial charge is 0.465 e. The third kappa shape index (κ3) is 3.82. The summed E-state index contributed by atoms with van der Waals surface area (Å²) in [5, 5.41) is 0. The van der Waals surface area contributed by atoms with Crippen LogP contribution in [0.1, 0.15) is 28.4 Å². The molecule has 0 aliphatic heterocycles. The second-order valence-electron chi connectivity index (χ2n) is 3.28. The maximum atomic E-state index is 11.5. The van der Waals surface area contributed by atoms with E-state index in [4.69, 9.17) is 4.74 Å². The minimum absolute atomic E-state index is 0.0233. The number of thioether (sulfide) groups is 1. The summed E-state index contributed by atoms with van der Waals surface area (Å²) >= 11 is 6.23. The molecule has 0 radical (unpaired) electrons. The Morgan fingerprint density at radius 3 is 2.65 bits per heavy atom. The highest BCUT2D eigenvalue weighted by Gasteiger charge is 2.18. The van der Waals surface area contributed by atoms with Gasteiger partial charge >= 0.3 is 5.97 Å². The van der Waals surface area contributed by atoms with Crippen LogP contribution < -0.4 is 0 Å². The van der Waals surface area contributed by atoms with Crippen LogP contribution in [-0.4, -0.2) is 24.1 Å². The molecule has 0 aliphatic carbocycles. The minimum Gasteiger partial charge on any atom is -0.465 e. The van der Waals surface area contributed by atoms with Gasteiger partial charge in [0.1, 0.15) is 0 Å². The zero-order chi connectivity index (χ0) is 13.0. The molecule has 1 rings (SSSR count). The first kappa shape index (κ1) is 14.7. The van der Waals surface area contributed by atoms with Crippen molar-refractivity contribution in [3.05, 3.63) is 14.2 Å². The van der Waals surface area contributed by atoms with Crippen molar-refractivity contribution in [2.24, 2.45) is 0 Å². The number of hydrogen-bond acceptors (Lipinski definition) is 5. The molecule has 0 fully saturated rings. The normalized spacial score (nSPS) is 10.4. The van der Waals surface area contributed by atoms with Gasteiger partial charge in [-0.1, -0.05) is 0 Å². The monoisotopic (exact) mass is 336 g/mol. The lowest BCUT2D eigenvalue weighted by Gasteiger charge is -2.03. The summed E-state index contributed by atoms with van der Waals surface area (Å²) < 4.78 is 5.76. The van der Waals surface area contributed by atoms with Gasteiger partial charge in [-0.05, 0) is 36.7 Å². The summed E-state index contributed by atoms with van der Waals surface area (Å²) in [4.78, 5) is 25.3. The van der Waals surface area contributed by atoms with Gasteiger partial charge in [0, 0.05) is 14.2 Å². The van der Waals surface area contributed by atoms with E-state index in [9.17, 15) is 9.59 Å². The average Bonchev–Trinajstić information content (AvgIpc) is 2.54. The molecular formula is C11H13BrO3S2. The number of thiophene rings is 1. The van der Waals surface area contributed by atoms with E-state index in [2.05, 4.69) is 15.9 Å². The number of esters is 1. The van der Waals surface area contributed by atoms with Crippen molar-refractivity contribution in [2.45, 2.75) is 25.7 Å². The molecule has 0 unspecified atom stereocenters. The molecule has 3 nitrogen and oxygen atoms in total. The Hall–Kier alpha value is -0.330. The first-order valence-electron chi connectivity index (χ1n) is 5.05. The van der Waals surface area contributed by atoms with Crippen LogP contribution in [-0.2, 0) is 9.53 Å². The lowest BCUT2D eigenvalue weighted by atomic mass is 10.3. The summed E-state index contributed by atoms with van der Waals surface area (Å²) in [7, 11) is 0. The Bertz CT molecular complexity index is 440. The maximum Gasteiger partial charge on any atom is 0.316 e. The van der Waals surface area contributed by atoms with Gasteiger partial charge in [0.15, 0.2) is 5.78 Å². The zero-order valence-corrected chi connectivity index (χ0v) is 13.1. The highest BCUT2D eigenvalue weighted by atomic mass is 79.9. The Labute approximate surface area is 117 Å². The number of ketones is 1. The zero-order valence-electron chi connectivity index (χ0n) is 9.83. The van der Waals surface area contributed by atoms with E-state index in [0.717, 1.165) is 14.2 Å². The highest BCUT2D eigenvalue weighted by molar-refractivity contribution is 9.10. The van der Waals surface area contributed by atoms with Gasteiger partial charge < -0.3 is 4.74 Å². The maximum absolute atomic E-state index is 11.5. The molecule has 6 heteroatoms. The second kappa shape index (κ2) is 6.56. The fourth-order valence-corrected chi connectivity index (χ4v) is 4.22. The molecule has 0 N–H and O–H groups in total. The molecule has 0 spiro atoms. The third-order valence-electron chi connectivity index (χ3n) is 1.93. The van der Waals surface area contributed by atoms with E-state index in [1.807, 2.05) is 6.92 Å². The van der Waals surface area contributed by atoms with Crippen molar-refractivity contribution in [3.63, 3.8) is 0 Å². The van der Waals surface area contributed by atoms with Crippen molar-refractivity contribution >= 4 is 50.8 Å². The molecule has 0 atom stereocenters. The third-order valence-corrected chi connectivity index (χ3v) is 5.86. The van der Waals surface area contributed by atoms with Gasteiger partial charge in [0.05, 0.1) is 17.2 Å². The van der Waals surface area contributed by atoms with Crippen LogP contribution in [0.4, 0.5) is 0 Å². The average molecular weight is 337 g/mol. The standard InChI is InChI=1S/C11H13BrO3S2/c1-4-15-8(14)5-16-11-9(12)7(3)17-10(11)6(2)13/h4-5H2,1-3H3. The highest BCUT2D eigenvalue weighted by Crippen LogP contribution is 2.39. The SMILES string of the molecule is CCOC(=O)CSc1c(C(C)=O)sc(C)c1Br. The number of Topliss-reactive ketones (excluding diaryl/α,β-unsaturated/α-hetero) is 1. The molecule has 0 bridgehead atoms. The van der Waals surface area contributed by atoms with Crippen LogP contribution in [0.15, 0.2) is 9.37 Å². The quantitative estimate of drug-likeness (QED) is 0.467. The number of rotatable bonds is 5. The molecule has 1 aromatic rings. The smallest absolute Gasteiger partial charge is 0.316 e. The van der Waals surface area contributed by atoms with E-state index in [0.29, 0.717) is 11.5 Å². The Kier molecular flexibility index (Phi) is 5.69. The number of halogens is 1. The number of hydrogen-bond donors (Lipinski definition) is 0. The van der Waals surface area contributed by atoms with Crippen molar-refractivity contribution in [1.29, 1.82) is 0 Å². The van der Waals surface area contributed by atoms with Crippen molar-refractivity contribution in [2.75, 3.05) is 12.4 Å². The van der Waals surface area contributed by atoms with Gasteiger partial charge in [0.2, 0.25) is 0 Å². The fourth-order valence-electron chi connectivity index (χ4n) is 1.20. The summed E-state index contributed by atoms with van der Waals surface area (Å²) in [6.07, 6.45) is 0. The van der Waals surface area contributed by atoms with Crippen molar-refractivity contribution in [3.8, 4) is 0 Å². The Balaban J connectivity index is 2.83. The van der Waals surface area contributed by atoms with Crippen molar-refractivity contribution in [1.82, 2.24) is 0 Å². The molecular weight excluding hydrogens is 324 g/mol. The number of ether oxygens (including phenoxy) is 1. The first-order valence-corrected chi connectivity index (χ1v) is 7.65. The number of carbonyl (C=O) groups excluding carboxylic acids is 2. The van der Waals surface area contributed by atoms with Gasteiger partial charge in [-0.15, -0.1) is 23.1 Å². The van der Waals surface area contributed by atoms with Crippen LogP contribution in [0.2, 0.25) is 0 Å². The molecule has 0 saturated carbocycles. The fraction of sp³-hybridized carbons (Fsp3) is 0.455. The molecule has 0 aromatic carbocycles. The summed E-state index contributed by atoms with van der Waals surface area (Å²) in [5.41, 5.74) is 0. The van der Waals surface area contributed by atoms with Crippen LogP contribution in [0.3, 0.4) is 0 Å². The lowest BCUT2D eigenvalue weighted by Crippen LogP contribution is -2.06. The van der Waals surface area contributed by atoms with Gasteiger partial charge in [-0.3, -0.25) is 9.59 Å². The molecule has 0 saturated heterocycles. The first-order chi connectivity index (χ1) is 7.97.